The Kier molecular flexibility index (Phi) is 4.80. The molecule has 1 aromatic rings. The lowest BCUT2D eigenvalue weighted by molar-refractivity contribution is -0.132. The van der Waals surface area contributed by atoms with Gasteiger partial charge in [0, 0.05) is 32.6 Å². The minimum Gasteiger partial charge on any atom is -0.496 e. The molecule has 0 saturated carbocycles. The van der Waals surface area contributed by atoms with Crippen LogP contribution in [0.2, 0.25) is 0 Å². The molecule has 1 aliphatic rings. The predicted molar refractivity (Wildman–Crippen MR) is 75.5 cm³/mol. The topological polar surface area (TPSA) is 41.6 Å². The molecule has 1 aromatic carbocycles. The maximum atomic E-state index is 12.2. The summed E-state index contributed by atoms with van der Waals surface area (Å²) in [4.78, 5) is 14.2. The average Bonchev–Trinajstić information content (AvgIpc) is 2.48. The van der Waals surface area contributed by atoms with E-state index in [1.807, 2.05) is 29.2 Å². The van der Waals surface area contributed by atoms with E-state index >= 15 is 0 Å². The van der Waals surface area contributed by atoms with Gasteiger partial charge in [-0.2, -0.15) is 0 Å². The monoisotopic (exact) mass is 262 g/mol. The van der Waals surface area contributed by atoms with Crippen LogP contribution in [0.15, 0.2) is 24.3 Å². The SMILES string of the molecule is COc1ccccc1[C@@H](C)CC(=O)N1CCNCC1. The lowest BCUT2D eigenvalue weighted by atomic mass is 9.96. The molecule has 104 valence electrons. The summed E-state index contributed by atoms with van der Waals surface area (Å²) in [5.74, 6) is 1.28. The van der Waals surface area contributed by atoms with Crippen LogP contribution in [0.1, 0.15) is 24.8 Å². The van der Waals surface area contributed by atoms with Crippen molar-refractivity contribution in [3.8, 4) is 5.75 Å². The van der Waals surface area contributed by atoms with Crippen molar-refractivity contribution < 1.29 is 9.53 Å². The van der Waals surface area contributed by atoms with Crippen molar-refractivity contribution in [3.05, 3.63) is 29.8 Å². The number of ether oxygens (including phenoxy) is 1. The maximum absolute atomic E-state index is 12.2. The van der Waals surface area contributed by atoms with Crippen LogP contribution in [0, 0.1) is 0 Å². The van der Waals surface area contributed by atoms with Crippen molar-refractivity contribution in [1.82, 2.24) is 10.2 Å². The van der Waals surface area contributed by atoms with E-state index in [0.29, 0.717) is 6.42 Å². The Morgan fingerprint density at radius 3 is 2.74 bits per heavy atom. The predicted octanol–water partition coefficient (Wildman–Crippen LogP) is 1.62. The van der Waals surface area contributed by atoms with E-state index in [2.05, 4.69) is 12.2 Å². The molecule has 4 nitrogen and oxygen atoms in total. The number of rotatable bonds is 4. The summed E-state index contributed by atoms with van der Waals surface area (Å²) in [7, 11) is 1.67. The van der Waals surface area contributed by atoms with Gasteiger partial charge in [-0.1, -0.05) is 25.1 Å². The quantitative estimate of drug-likeness (QED) is 0.896. The zero-order chi connectivity index (χ0) is 13.7. The third-order valence-electron chi connectivity index (χ3n) is 3.62. The molecule has 0 radical (unpaired) electrons. The van der Waals surface area contributed by atoms with E-state index in [1.54, 1.807) is 7.11 Å². The Morgan fingerprint density at radius 2 is 2.05 bits per heavy atom. The van der Waals surface area contributed by atoms with E-state index in [1.165, 1.54) is 0 Å². The molecular weight excluding hydrogens is 240 g/mol. The number of nitrogens with zero attached hydrogens (tertiary/aromatic N) is 1. The number of para-hydroxylation sites is 1. The van der Waals surface area contributed by atoms with Crippen molar-refractivity contribution in [3.63, 3.8) is 0 Å². The van der Waals surface area contributed by atoms with E-state index in [4.69, 9.17) is 4.74 Å². The van der Waals surface area contributed by atoms with Gasteiger partial charge < -0.3 is 15.0 Å². The summed E-state index contributed by atoms with van der Waals surface area (Å²) in [5.41, 5.74) is 1.11. The number of benzene rings is 1. The van der Waals surface area contributed by atoms with Crippen molar-refractivity contribution in [2.24, 2.45) is 0 Å². The Morgan fingerprint density at radius 1 is 1.37 bits per heavy atom. The fourth-order valence-corrected chi connectivity index (χ4v) is 2.49. The minimum atomic E-state index is 0.179. The largest absolute Gasteiger partial charge is 0.496 e. The van der Waals surface area contributed by atoms with Crippen molar-refractivity contribution in [2.75, 3.05) is 33.3 Å². The first kappa shape index (κ1) is 13.9. The van der Waals surface area contributed by atoms with E-state index in [0.717, 1.165) is 37.5 Å². The normalized spacial score (nSPS) is 17.1. The second-order valence-electron chi connectivity index (χ2n) is 4.98. The van der Waals surface area contributed by atoms with Crippen LogP contribution in [-0.2, 0) is 4.79 Å². The number of hydrogen-bond donors (Lipinski definition) is 1. The van der Waals surface area contributed by atoms with Crippen LogP contribution in [0.5, 0.6) is 5.75 Å². The van der Waals surface area contributed by atoms with Crippen LogP contribution < -0.4 is 10.1 Å². The van der Waals surface area contributed by atoms with Crippen LogP contribution >= 0.6 is 0 Å². The molecule has 4 heteroatoms. The highest BCUT2D eigenvalue weighted by Crippen LogP contribution is 2.28. The molecule has 1 saturated heterocycles. The van der Waals surface area contributed by atoms with Gasteiger partial charge in [-0.25, -0.2) is 0 Å². The molecule has 1 atom stereocenters. The summed E-state index contributed by atoms with van der Waals surface area (Å²) < 4.78 is 5.36. The highest BCUT2D eigenvalue weighted by atomic mass is 16.5. The van der Waals surface area contributed by atoms with Crippen LogP contribution in [0.4, 0.5) is 0 Å². The first-order valence-corrected chi connectivity index (χ1v) is 6.83. The van der Waals surface area contributed by atoms with E-state index < -0.39 is 0 Å². The third kappa shape index (κ3) is 3.47. The molecule has 0 unspecified atom stereocenters. The molecule has 0 aromatic heterocycles. The van der Waals surface area contributed by atoms with Crippen LogP contribution in [0.25, 0.3) is 0 Å². The molecule has 0 bridgehead atoms. The summed E-state index contributed by atoms with van der Waals surface area (Å²) >= 11 is 0. The number of piperazine rings is 1. The van der Waals surface area contributed by atoms with Gasteiger partial charge in [-0.15, -0.1) is 0 Å². The number of nitrogens with one attached hydrogen (secondary N) is 1. The minimum absolute atomic E-state index is 0.179. The first-order chi connectivity index (χ1) is 9.22. The molecule has 1 heterocycles. The Hall–Kier alpha value is -1.55. The number of amides is 1. The average molecular weight is 262 g/mol. The molecule has 1 amide bonds. The van der Waals surface area contributed by atoms with Gasteiger partial charge in [0.25, 0.3) is 0 Å². The van der Waals surface area contributed by atoms with Crippen molar-refractivity contribution in [2.45, 2.75) is 19.3 Å². The molecule has 1 fully saturated rings. The Labute approximate surface area is 114 Å². The van der Waals surface area contributed by atoms with Gasteiger partial charge in [0.05, 0.1) is 7.11 Å². The van der Waals surface area contributed by atoms with Gasteiger partial charge >= 0.3 is 0 Å². The van der Waals surface area contributed by atoms with E-state index in [9.17, 15) is 4.79 Å². The summed E-state index contributed by atoms with van der Waals surface area (Å²) in [6, 6.07) is 7.92. The lowest BCUT2D eigenvalue weighted by Gasteiger charge is -2.28. The molecule has 0 aliphatic carbocycles. The Bertz CT molecular complexity index is 428. The zero-order valence-corrected chi connectivity index (χ0v) is 11.7. The standard InChI is InChI=1S/C15H22N2O2/c1-12(13-5-3-4-6-14(13)19-2)11-15(18)17-9-7-16-8-10-17/h3-6,12,16H,7-11H2,1-2H3/t12-/m0/s1. The van der Waals surface area contributed by atoms with E-state index in [-0.39, 0.29) is 11.8 Å². The van der Waals surface area contributed by atoms with Gasteiger partial charge in [-0.05, 0) is 17.5 Å². The molecular formula is C15H22N2O2. The van der Waals surface area contributed by atoms with Crippen LogP contribution in [-0.4, -0.2) is 44.1 Å². The second kappa shape index (κ2) is 6.57. The summed E-state index contributed by atoms with van der Waals surface area (Å²) in [6.45, 7) is 5.51. The molecule has 1 aliphatic heterocycles. The summed E-state index contributed by atoms with van der Waals surface area (Å²) in [5, 5.41) is 3.26. The second-order valence-corrected chi connectivity index (χ2v) is 4.98. The molecule has 2 rings (SSSR count). The number of methoxy groups -OCH3 is 1. The smallest absolute Gasteiger partial charge is 0.223 e. The highest BCUT2D eigenvalue weighted by molar-refractivity contribution is 5.77. The van der Waals surface area contributed by atoms with Gasteiger partial charge in [0.2, 0.25) is 5.91 Å². The molecule has 0 spiro atoms. The fourth-order valence-electron chi connectivity index (χ4n) is 2.49. The zero-order valence-electron chi connectivity index (χ0n) is 11.7. The van der Waals surface area contributed by atoms with Crippen molar-refractivity contribution >= 4 is 5.91 Å². The maximum Gasteiger partial charge on any atom is 0.223 e. The van der Waals surface area contributed by atoms with Gasteiger partial charge in [0.1, 0.15) is 5.75 Å². The molecule has 1 N–H and O–H groups in total. The third-order valence-corrected chi connectivity index (χ3v) is 3.62. The number of carbonyl (C=O) groups excluding carboxylic acids is 1. The summed E-state index contributed by atoms with van der Waals surface area (Å²) in [6.07, 6.45) is 0.542. The number of carbonyl (C=O) groups is 1. The highest BCUT2D eigenvalue weighted by Gasteiger charge is 2.20. The van der Waals surface area contributed by atoms with Crippen molar-refractivity contribution in [1.29, 1.82) is 0 Å². The first-order valence-electron chi connectivity index (χ1n) is 6.83. The van der Waals surface area contributed by atoms with Gasteiger partial charge in [-0.3, -0.25) is 4.79 Å². The van der Waals surface area contributed by atoms with Crippen LogP contribution in [0.3, 0.4) is 0 Å². The Balaban J connectivity index is 1.99. The lowest BCUT2D eigenvalue weighted by Crippen LogP contribution is -2.46. The fraction of sp³-hybridized carbons (Fsp3) is 0.533. The molecule has 19 heavy (non-hydrogen) atoms. The number of hydrogen-bond acceptors (Lipinski definition) is 3. The van der Waals surface area contributed by atoms with Gasteiger partial charge in [0.15, 0.2) is 0 Å².